The van der Waals surface area contributed by atoms with Gasteiger partial charge in [0.2, 0.25) is 5.89 Å². The number of esters is 1. The summed E-state index contributed by atoms with van der Waals surface area (Å²) in [4.78, 5) is 17.8. The molecule has 1 saturated heterocycles. The Kier molecular flexibility index (Phi) is 3.73. The van der Waals surface area contributed by atoms with E-state index in [1.807, 2.05) is 0 Å². The van der Waals surface area contributed by atoms with E-state index in [0.29, 0.717) is 24.8 Å². The fourth-order valence-corrected chi connectivity index (χ4v) is 2.15. The molecule has 1 aliphatic heterocycles. The zero-order valence-electron chi connectivity index (χ0n) is 10.2. The molecule has 94 valence electrons. The molecular weight excluding hydrogens is 222 g/mol. The first-order valence-corrected chi connectivity index (χ1v) is 5.78. The van der Waals surface area contributed by atoms with Crippen LogP contribution in [-0.2, 0) is 16.1 Å². The van der Waals surface area contributed by atoms with E-state index >= 15 is 0 Å². The van der Waals surface area contributed by atoms with E-state index in [1.165, 1.54) is 7.11 Å². The normalized spacial score (nSPS) is 21.4. The molecule has 0 N–H and O–H groups in total. The third kappa shape index (κ3) is 3.03. The van der Waals surface area contributed by atoms with Gasteiger partial charge in [0.05, 0.1) is 19.6 Å². The van der Waals surface area contributed by atoms with Crippen LogP contribution in [0.5, 0.6) is 0 Å². The fourth-order valence-electron chi connectivity index (χ4n) is 2.15. The molecular formula is C11H17N3O3. The van der Waals surface area contributed by atoms with Gasteiger partial charge in [-0.2, -0.15) is 4.98 Å². The standard InChI is InChI=1S/C11H17N3O3/c1-8-12-10(17-13-8)7-14-5-3-4-9(6-14)11(15)16-2/h9H,3-7H2,1-2H3. The minimum absolute atomic E-state index is 0.0298. The van der Waals surface area contributed by atoms with Gasteiger partial charge in [0.1, 0.15) is 0 Å². The summed E-state index contributed by atoms with van der Waals surface area (Å²) < 4.78 is 9.85. The lowest BCUT2D eigenvalue weighted by molar-refractivity contribution is -0.147. The first-order chi connectivity index (χ1) is 8.19. The molecule has 0 radical (unpaired) electrons. The Morgan fingerprint density at radius 3 is 3.12 bits per heavy atom. The van der Waals surface area contributed by atoms with Crippen molar-refractivity contribution in [2.75, 3.05) is 20.2 Å². The predicted octanol–water partition coefficient (Wildman–Crippen LogP) is 0.763. The minimum atomic E-state index is -0.128. The highest BCUT2D eigenvalue weighted by Gasteiger charge is 2.27. The highest BCUT2D eigenvalue weighted by Crippen LogP contribution is 2.19. The van der Waals surface area contributed by atoms with E-state index < -0.39 is 0 Å². The van der Waals surface area contributed by atoms with E-state index in [-0.39, 0.29) is 11.9 Å². The number of hydrogen-bond acceptors (Lipinski definition) is 6. The number of nitrogens with zero attached hydrogens (tertiary/aromatic N) is 3. The van der Waals surface area contributed by atoms with E-state index in [1.54, 1.807) is 6.92 Å². The van der Waals surface area contributed by atoms with Gasteiger partial charge in [-0.25, -0.2) is 0 Å². The lowest BCUT2D eigenvalue weighted by Gasteiger charge is -2.29. The van der Waals surface area contributed by atoms with Crippen LogP contribution in [0.25, 0.3) is 0 Å². The number of methoxy groups -OCH3 is 1. The molecule has 6 nitrogen and oxygen atoms in total. The number of carbonyl (C=O) groups is 1. The molecule has 0 spiro atoms. The van der Waals surface area contributed by atoms with E-state index in [9.17, 15) is 4.79 Å². The summed E-state index contributed by atoms with van der Waals surface area (Å²) in [7, 11) is 1.43. The maximum Gasteiger partial charge on any atom is 0.309 e. The summed E-state index contributed by atoms with van der Waals surface area (Å²) >= 11 is 0. The zero-order chi connectivity index (χ0) is 12.3. The molecule has 1 unspecified atom stereocenters. The van der Waals surface area contributed by atoms with Gasteiger partial charge in [0.15, 0.2) is 5.82 Å². The first kappa shape index (κ1) is 12.0. The second kappa shape index (κ2) is 5.27. The van der Waals surface area contributed by atoms with Gasteiger partial charge in [0.25, 0.3) is 0 Å². The van der Waals surface area contributed by atoms with E-state index in [4.69, 9.17) is 9.26 Å². The van der Waals surface area contributed by atoms with Crippen molar-refractivity contribution in [1.29, 1.82) is 0 Å². The second-order valence-corrected chi connectivity index (χ2v) is 4.33. The Balaban J connectivity index is 1.91. The molecule has 0 bridgehead atoms. The van der Waals surface area contributed by atoms with Crippen molar-refractivity contribution in [1.82, 2.24) is 15.0 Å². The second-order valence-electron chi connectivity index (χ2n) is 4.33. The molecule has 17 heavy (non-hydrogen) atoms. The third-order valence-electron chi connectivity index (χ3n) is 2.97. The highest BCUT2D eigenvalue weighted by molar-refractivity contribution is 5.72. The number of hydrogen-bond donors (Lipinski definition) is 0. The highest BCUT2D eigenvalue weighted by atomic mass is 16.5. The number of aryl methyl sites for hydroxylation is 1. The van der Waals surface area contributed by atoms with Crippen LogP contribution in [0, 0.1) is 12.8 Å². The molecule has 1 atom stereocenters. The average molecular weight is 239 g/mol. The number of rotatable bonds is 3. The van der Waals surface area contributed by atoms with Gasteiger partial charge in [0, 0.05) is 6.54 Å². The van der Waals surface area contributed by atoms with Crippen LogP contribution in [0.4, 0.5) is 0 Å². The molecule has 6 heteroatoms. The van der Waals surface area contributed by atoms with Gasteiger partial charge in [-0.3, -0.25) is 9.69 Å². The molecule has 1 aromatic rings. The zero-order valence-corrected chi connectivity index (χ0v) is 10.2. The number of likely N-dealkylation sites (tertiary alicyclic amines) is 1. The Bertz CT molecular complexity index is 391. The van der Waals surface area contributed by atoms with Crippen LogP contribution >= 0.6 is 0 Å². The van der Waals surface area contributed by atoms with Crippen LogP contribution in [0.3, 0.4) is 0 Å². The summed E-state index contributed by atoms with van der Waals surface area (Å²) in [5.74, 6) is 1.09. The van der Waals surface area contributed by atoms with Gasteiger partial charge in [-0.05, 0) is 26.3 Å². The van der Waals surface area contributed by atoms with Crippen LogP contribution in [0.15, 0.2) is 4.52 Å². The smallest absolute Gasteiger partial charge is 0.309 e. The molecule has 0 saturated carbocycles. The van der Waals surface area contributed by atoms with Crippen LogP contribution in [-0.4, -0.2) is 41.2 Å². The predicted molar refractivity (Wildman–Crippen MR) is 59.1 cm³/mol. The Morgan fingerprint density at radius 1 is 1.65 bits per heavy atom. The largest absolute Gasteiger partial charge is 0.469 e. The van der Waals surface area contributed by atoms with Gasteiger partial charge >= 0.3 is 5.97 Å². The van der Waals surface area contributed by atoms with Crippen LogP contribution in [0.1, 0.15) is 24.6 Å². The topological polar surface area (TPSA) is 68.5 Å². The summed E-state index contributed by atoms with van der Waals surface area (Å²) in [6.45, 7) is 4.05. The Hall–Kier alpha value is -1.43. The average Bonchev–Trinajstić information content (AvgIpc) is 2.74. The Labute approximate surface area is 99.9 Å². The SMILES string of the molecule is COC(=O)C1CCCN(Cc2nc(C)no2)C1. The van der Waals surface area contributed by atoms with Crippen molar-refractivity contribution in [3.8, 4) is 0 Å². The van der Waals surface area contributed by atoms with Crippen LogP contribution < -0.4 is 0 Å². The molecule has 2 rings (SSSR count). The van der Waals surface area contributed by atoms with Crippen LogP contribution in [0.2, 0.25) is 0 Å². The molecule has 1 fully saturated rings. The fraction of sp³-hybridized carbons (Fsp3) is 0.727. The lowest BCUT2D eigenvalue weighted by atomic mass is 9.98. The van der Waals surface area contributed by atoms with Crippen molar-refractivity contribution in [3.05, 3.63) is 11.7 Å². The van der Waals surface area contributed by atoms with Crippen molar-refractivity contribution < 1.29 is 14.1 Å². The summed E-state index contributed by atoms with van der Waals surface area (Å²) in [6.07, 6.45) is 1.89. The maximum absolute atomic E-state index is 11.5. The molecule has 1 aliphatic rings. The molecule has 0 amide bonds. The third-order valence-corrected chi connectivity index (χ3v) is 2.97. The summed E-state index contributed by atoms with van der Waals surface area (Å²) in [6, 6.07) is 0. The first-order valence-electron chi connectivity index (χ1n) is 5.78. The van der Waals surface area contributed by atoms with Gasteiger partial charge in [-0.1, -0.05) is 5.16 Å². The van der Waals surface area contributed by atoms with Crippen molar-refractivity contribution in [2.45, 2.75) is 26.3 Å². The lowest BCUT2D eigenvalue weighted by Crippen LogP contribution is -2.38. The molecule has 1 aromatic heterocycles. The summed E-state index contributed by atoms with van der Waals surface area (Å²) in [5.41, 5.74) is 0. The maximum atomic E-state index is 11.5. The number of aromatic nitrogens is 2. The van der Waals surface area contributed by atoms with Crippen molar-refractivity contribution in [3.63, 3.8) is 0 Å². The Morgan fingerprint density at radius 2 is 2.47 bits per heavy atom. The van der Waals surface area contributed by atoms with E-state index in [2.05, 4.69) is 15.0 Å². The van der Waals surface area contributed by atoms with Gasteiger partial charge in [-0.15, -0.1) is 0 Å². The molecule has 0 aliphatic carbocycles. The number of piperidine rings is 1. The van der Waals surface area contributed by atoms with Gasteiger partial charge < -0.3 is 9.26 Å². The van der Waals surface area contributed by atoms with E-state index in [0.717, 1.165) is 19.4 Å². The van der Waals surface area contributed by atoms with Crippen molar-refractivity contribution >= 4 is 5.97 Å². The molecule has 2 heterocycles. The monoisotopic (exact) mass is 239 g/mol. The summed E-state index contributed by atoms with van der Waals surface area (Å²) in [5, 5.41) is 3.75. The number of carbonyl (C=O) groups excluding carboxylic acids is 1. The quantitative estimate of drug-likeness (QED) is 0.725. The van der Waals surface area contributed by atoms with Crippen molar-refractivity contribution in [2.24, 2.45) is 5.92 Å². The number of ether oxygens (including phenoxy) is 1. The molecule has 0 aromatic carbocycles. The minimum Gasteiger partial charge on any atom is -0.469 e.